The van der Waals surface area contributed by atoms with Gasteiger partial charge in [-0.3, -0.25) is 14.7 Å². The van der Waals surface area contributed by atoms with E-state index >= 15 is 0 Å². The maximum Gasteiger partial charge on any atom is 0.151 e. The van der Waals surface area contributed by atoms with Crippen LogP contribution in [0.3, 0.4) is 0 Å². The maximum absolute atomic E-state index is 12.3. The van der Waals surface area contributed by atoms with Gasteiger partial charge in [-0.25, -0.2) is 0 Å². The molecular formula is C26H36N4O. The van der Waals surface area contributed by atoms with Crippen LogP contribution in [0.25, 0.3) is 0 Å². The second-order valence-electron chi connectivity index (χ2n) is 9.05. The third-order valence-corrected chi connectivity index (χ3v) is 7.10. The van der Waals surface area contributed by atoms with Crippen LogP contribution in [-0.2, 0) is 4.79 Å². The maximum atomic E-state index is 12.3. The molecule has 0 N–H and O–H groups in total. The van der Waals surface area contributed by atoms with Crippen LogP contribution in [0.2, 0.25) is 0 Å². The van der Waals surface area contributed by atoms with Gasteiger partial charge in [-0.1, -0.05) is 60.7 Å². The number of piperidine rings is 1. The Bertz CT molecular complexity index is 759. The minimum Gasteiger partial charge on any atom is -0.306 e. The lowest BCUT2D eigenvalue weighted by atomic mass is 9.97. The highest BCUT2D eigenvalue weighted by molar-refractivity contribution is 5.57. The van der Waals surface area contributed by atoms with Gasteiger partial charge < -0.3 is 9.69 Å². The molecule has 31 heavy (non-hydrogen) atoms. The number of benzene rings is 2. The number of likely N-dealkylation sites (tertiary alicyclic amines) is 1. The van der Waals surface area contributed by atoms with E-state index < -0.39 is 0 Å². The molecule has 2 aliphatic rings. The Morgan fingerprint density at radius 3 is 1.84 bits per heavy atom. The molecule has 0 aromatic heterocycles. The van der Waals surface area contributed by atoms with E-state index in [1.165, 1.54) is 37.1 Å². The lowest BCUT2D eigenvalue weighted by Crippen LogP contribution is -2.58. The topological polar surface area (TPSA) is 30.0 Å². The Hall–Kier alpha value is -2.05. The van der Waals surface area contributed by atoms with Gasteiger partial charge in [0.15, 0.2) is 6.29 Å². The van der Waals surface area contributed by atoms with E-state index in [2.05, 4.69) is 82.2 Å². The zero-order valence-electron chi connectivity index (χ0n) is 18.9. The summed E-state index contributed by atoms with van der Waals surface area (Å²) in [4.78, 5) is 22.0. The number of likely N-dealkylation sites (N-methyl/N-ethyl adjacent to an activating group) is 1. The molecule has 2 aromatic rings. The number of piperazine rings is 1. The Labute approximate surface area is 187 Å². The van der Waals surface area contributed by atoms with Crippen LogP contribution in [0.4, 0.5) is 0 Å². The lowest BCUT2D eigenvalue weighted by molar-refractivity contribution is -0.121. The molecule has 2 heterocycles. The molecule has 5 nitrogen and oxygen atoms in total. The SMILES string of the molecule is CN1CCC(N2CCN(C(C=O)N(C)C(c3ccccc3)c3ccccc3)CC2)CC1. The first-order valence-electron chi connectivity index (χ1n) is 11.6. The molecule has 5 heteroatoms. The smallest absolute Gasteiger partial charge is 0.151 e. The minimum atomic E-state index is -0.231. The molecule has 4 rings (SSSR count). The first-order chi connectivity index (χ1) is 15.2. The highest BCUT2D eigenvalue weighted by atomic mass is 16.1. The molecule has 2 fully saturated rings. The second-order valence-corrected chi connectivity index (χ2v) is 9.05. The van der Waals surface area contributed by atoms with Crippen molar-refractivity contribution in [2.45, 2.75) is 31.1 Å². The molecule has 0 radical (unpaired) electrons. The van der Waals surface area contributed by atoms with E-state index in [0.29, 0.717) is 6.04 Å². The van der Waals surface area contributed by atoms with Gasteiger partial charge in [-0.05, 0) is 51.2 Å². The number of carbonyl (C=O) groups excluding carboxylic acids is 1. The lowest BCUT2D eigenvalue weighted by Gasteiger charge is -2.46. The fraction of sp³-hybridized carbons (Fsp3) is 0.500. The standard InChI is InChI=1S/C26H36N4O/c1-27-15-13-24(14-16-27)29-17-19-30(20-18-29)25(21-31)28(2)26(22-9-5-3-6-10-22)23-11-7-4-8-12-23/h3-12,21,24-26H,13-20H2,1-2H3. The van der Waals surface area contributed by atoms with E-state index in [9.17, 15) is 4.79 Å². The van der Waals surface area contributed by atoms with E-state index in [0.717, 1.165) is 32.5 Å². The van der Waals surface area contributed by atoms with Crippen LogP contribution in [-0.4, -0.2) is 91.5 Å². The molecule has 2 aliphatic heterocycles. The summed E-state index contributed by atoms with van der Waals surface area (Å²) in [6.45, 7) is 6.37. The van der Waals surface area contributed by atoms with Crippen molar-refractivity contribution in [2.24, 2.45) is 0 Å². The van der Waals surface area contributed by atoms with Crippen molar-refractivity contribution in [3.63, 3.8) is 0 Å². The van der Waals surface area contributed by atoms with Crippen LogP contribution >= 0.6 is 0 Å². The molecule has 0 amide bonds. The number of nitrogens with zero attached hydrogens (tertiary/aromatic N) is 4. The van der Waals surface area contributed by atoms with Gasteiger partial charge in [-0.2, -0.15) is 0 Å². The first-order valence-corrected chi connectivity index (χ1v) is 11.6. The molecule has 0 saturated carbocycles. The number of hydrogen-bond acceptors (Lipinski definition) is 5. The van der Waals surface area contributed by atoms with Crippen molar-refractivity contribution in [1.82, 2.24) is 19.6 Å². The third-order valence-electron chi connectivity index (χ3n) is 7.10. The van der Waals surface area contributed by atoms with Gasteiger partial charge in [0.05, 0.1) is 6.04 Å². The zero-order valence-corrected chi connectivity index (χ0v) is 18.9. The van der Waals surface area contributed by atoms with Crippen molar-refractivity contribution in [1.29, 1.82) is 0 Å². The average Bonchev–Trinajstić information content (AvgIpc) is 2.82. The van der Waals surface area contributed by atoms with Gasteiger partial charge in [0.1, 0.15) is 6.17 Å². The van der Waals surface area contributed by atoms with Crippen LogP contribution < -0.4 is 0 Å². The van der Waals surface area contributed by atoms with Gasteiger partial charge in [0.25, 0.3) is 0 Å². The molecule has 2 saturated heterocycles. The quantitative estimate of drug-likeness (QED) is 0.643. The van der Waals surface area contributed by atoms with Crippen LogP contribution in [0.15, 0.2) is 60.7 Å². The molecule has 0 bridgehead atoms. The van der Waals surface area contributed by atoms with E-state index in [1.807, 2.05) is 12.1 Å². The highest BCUT2D eigenvalue weighted by Crippen LogP contribution is 2.30. The molecule has 166 valence electrons. The average molecular weight is 421 g/mol. The van der Waals surface area contributed by atoms with Crippen molar-refractivity contribution < 1.29 is 4.79 Å². The molecule has 1 atom stereocenters. The largest absolute Gasteiger partial charge is 0.306 e. The van der Waals surface area contributed by atoms with E-state index in [4.69, 9.17) is 0 Å². The van der Waals surface area contributed by atoms with Gasteiger partial charge >= 0.3 is 0 Å². The van der Waals surface area contributed by atoms with E-state index in [1.54, 1.807) is 0 Å². The predicted molar refractivity (Wildman–Crippen MR) is 126 cm³/mol. The molecule has 1 unspecified atom stereocenters. The predicted octanol–water partition coefficient (Wildman–Crippen LogP) is 2.94. The van der Waals surface area contributed by atoms with Crippen LogP contribution in [0, 0.1) is 0 Å². The van der Waals surface area contributed by atoms with Gasteiger partial charge in [0, 0.05) is 32.2 Å². The van der Waals surface area contributed by atoms with E-state index in [-0.39, 0.29) is 12.2 Å². The van der Waals surface area contributed by atoms with Crippen molar-refractivity contribution in [3.05, 3.63) is 71.8 Å². The fourth-order valence-corrected chi connectivity index (χ4v) is 5.25. The van der Waals surface area contributed by atoms with Gasteiger partial charge in [-0.15, -0.1) is 0 Å². The molecule has 0 spiro atoms. The summed E-state index contributed by atoms with van der Waals surface area (Å²) in [6.07, 6.45) is 3.42. The van der Waals surface area contributed by atoms with Crippen molar-refractivity contribution >= 4 is 6.29 Å². The zero-order chi connectivity index (χ0) is 21.6. The number of rotatable bonds is 7. The van der Waals surface area contributed by atoms with Crippen molar-refractivity contribution in [2.75, 3.05) is 53.4 Å². The van der Waals surface area contributed by atoms with Crippen LogP contribution in [0.1, 0.15) is 30.0 Å². The summed E-state index contributed by atoms with van der Waals surface area (Å²) in [5.74, 6) is 0. The third kappa shape index (κ3) is 5.24. The number of aldehydes is 1. The Balaban J connectivity index is 1.47. The fourth-order valence-electron chi connectivity index (χ4n) is 5.25. The second kappa shape index (κ2) is 10.5. The Morgan fingerprint density at radius 2 is 1.35 bits per heavy atom. The molecule has 0 aliphatic carbocycles. The first kappa shape index (κ1) is 22.2. The normalized spacial score (nSPS) is 20.9. The summed E-state index contributed by atoms with van der Waals surface area (Å²) in [5, 5.41) is 0. The highest BCUT2D eigenvalue weighted by Gasteiger charge is 2.33. The number of hydrogen-bond donors (Lipinski definition) is 0. The monoisotopic (exact) mass is 420 g/mol. The summed E-state index contributed by atoms with van der Waals surface area (Å²) in [7, 11) is 4.31. The minimum absolute atomic E-state index is 0.0458. The van der Waals surface area contributed by atoms with Crippen LogP contribution in [0.5, 0.6) is 0 Å². The summed E-state index contributed by atoms with van der Waals surface area (Å²) in [6, 6.07) is 21.8. The molecular weight excluding hydrogens is 384 g/mol. The summed E-state index contributed by atoms with van der Waals surface area (Å²) < 4.78 is 0. The summed E-state index contributed by atoms with van der Waals surface area (Å²) in [5.41, 5.74) is 2.43. The summed E-state index contributed by atoms with van der Waals surface area (Å²) >= 11 is 0. The Morgan fingerprint density at radius 1 is 0.839 bits per heavy atom. The van der Waals surface area contributed by atoms with Crippen molar-refractivity contribution in [3.8, 4) is 0 Å². The Kier molecular flexibility index (Phi) is 7.51. The van der Waals surface area contributed by atoms with Gasteiger partial charge in [0.2, 0.25) is 0 Å². The molecule has 2 aromatic carbocycles. The number of carbonyl (C=O) groups is 1.